The van der Waals surface area contributed by atoms with E-state index in [0.29, 0.717) is 15.8 Å². The van der Waals surface area contributed by atoms with Crippen LogP contribution in [0.4, 0.5) is 13.2 Å². The number of para-hydroxylation sites is 1. The van der Waals surface area contributed by atoms with Gasteiger partial charge in [0.15, 0.2) is 5.69 Å². The number of hydrogen-bond acceptors (Lipinski definition) is 2. The number of nitrogens with one attached hydrogen (secondary N) is 1. The molecule has 0 fully saturated rings. The molecule has 1 aromatic carbocycles. The fourth-order valence-corrected chi connectivity index (χ4v) is 1.65. The lowest BCUT2D eigenvalue weighted by Gasteiger charge is -2.17. The van der Waals surface area contributed by atoms with Crippen LogP contribution >= 0.6 is 0 Å². The lowest BCUT2D eigenvalue weighted by molar-refractivity contribution is -0.138. The standard InChI is InChI=1S/C11H10F3N3O/c1-17(6-11(12,13)14)10(18)9-7-4-2-3-5-8(7)15-16-9/h2-5H,6H2,1H3,(H,15,16). The maximum absolute atomic E-state index is 12.2. The molecule has 0 spiro atoms. The Morgan fingerprint density at radius 2 is 2.06 bits per heavy atom. The molecule has 0 saturated heterocycles. The van der Waals surface area contributed by atoms with Crippen LogP contribution < -0.4 is 0 Å². The molecule has 0 aliphatic rings. The summed E-state index contributed by atoms with van der Waals surface area (Å²) in [4.78, 5) is 12.4. The molecule has 96 valence electrons. The van der Waals surface area contributed by atoms with E-state index in [0.717, 1.165) is 7.05 Å². The minimum absolute atomic E-state index is 0.00245. The second kappa shape index (κ2) is 4.32. The van der Waals surface area contributed by atoms with Crippen LogP contribution in [-0.4, -0.2) is 40.8 Å². The molecule has 7 heteroatoms. The van der Waals surface area contributed by atoms with Crippen molar-refractivity contribution < 1.29 is 18.0 Å². The van der Waals surface area contributed by atoms with E-state index in [1.165, 1.54) is 0 Å². The van der Waals surface area contributed by atoms with Gasteiger partial charge in [-0.2, -0.15) is 18.3 Å². The third-order valence-corrected chi connectivity index (χ3v) is 2.44. The molecule has 0 atom stereocenters. The van der Waals surface area contributed by atoms with Gasteiger partial charge in [-0.25, -0.2) is 0 Å². The molecule has 1 heterocycles. The topological polar surface area (TPSA) is 49.0 Å². The molecule has 2 rings (SSSR count). The Balaban J connectivity index is 2.29. The largest absolute Gasteiger partial charge is 0.406 e. The Hall–Kier alpha value is -2.05. The molecule has 18 heavy (non-hydrogen) atoms. The molecule has 0 unspecified atom stereocenters. The van der Waals surface area contributed by atoms with Crippen LogP contribution in [0.25, 0.3) is 10.9 Å². The number of amides is 1. The number of aromatic amines is 1. The summed E-state index contributed by atoms with van der Waals surface area (Å²) in [6.45, 7) is -1.30. The molecule has 1 aromatic heterocycles. The highest BCUT2D eigenvalue weighted by Gasteiger charge is 2.32. The Bertz CT molecular complexity index is 576. The van der Waals surface area contributed by atoms with E-state index in [4.69, 9.17) is 0 Å². The van der Waals surface area contributed by atoms with Crippen molar-refractivity contribution >= 4 is 16.8 Å². The maximum atomic E-state index is 12.2. The molecule has 1 N–H and O–H groups in total. The van der Waals surface area contributed by atoms with Gasteiger partial charge in [0.1, 0.15) is 6.54 Å². The number of alkyl halides is 3. The number of nitrogens with zero attached hydrogens (tertiary/aromatic N) is 2. The monoisotopic (exact) mass is 257 g/mol. The predicted octanol–water partition coefficient (Wildman–Crippen LogP) is 2.20. The van der Waals surface area contributed by atoms with Crippen molar-refractivity contribution in [1.29, 1.82) is 0 Å². The van der Waals surface area contributed by atoms with Crippen molar-refractivity contribution in [3.63, 3.8) is 0 Å². The van der Waals surface area contributed by atoms with Crippen LogP contribution in [0, 0.1) is 0 Å². The third-order valence-electron chi connectivity index (χ3n) is 2.44. The first kappa shape index (κ1) is 12.4. The van der Waals surface area contributed by atoms with E-state index in [9.17, 15) is 18.0 Å². The highest BCUT2D eigenvalue weighted by atomic mass is 19.4. The zero-order valence-electron chi connectivity index (χ0n) is 9.45. The zero-order chi connectivity index (χ0) is 13.3. The number of fused-ring (bicyclic) bond motifs is 1. The summed E-state index contributed by atoms with van der Waals surface area (Å²) < 4.78 is 36.6. The quantitative estimate of drug-likeness (QED) is 0.896. The average molecular weight is 257 g/mol. The van der Waals surface area contributed by atoms with Gasteiger partial charge in [-0.05, 0) is 6.07 Å². The van der Waals surface area contributed by atoms with E-state index in [1.54, 1.807) is 24.3 Å². The highest BCUT2D eigenvalue weighted by Crippen LogP contribution is 2.19. The van der Waals surface area contributed by atoms with Gasteiger partial charge >= 0.3 is 6.18 Å². The Morgan fingerprint density at radius 1 is 1.39 bits per heavy atom. The minimum Gasteiger partial charge on any atom is -0.331 e. The second-order valence-electron chi connectivity index (χ2n) is 3.89. The lowest BCUT2D eigenvalue weighted by Crippen LogP contribution is -2.36. The van der Waals surface area contributed by atoms with Crippen molar-refractivity contribution in [3.8, 4) is 0 Å². The summed E-state index contributed by atoms with van der Waals surface area (Å²) in [6.07, 6.45) is -4.42. The van der Waals surface area contributed by atoms with E-state index in [-0.39, 0.29) is 5.69 Å². The van der Waals surface area contributed by atoms with Gasteiger partial charge in [0.2, 0.25) is 0 Å². The normalized spacial score (nSPS) is 11.8. The number of rotatable bonds is 2. The van der Waals surface area contributed by atoms with E-state index >= 15 is 0 Å². The fraction of sp³-hybridized carbons (Fsp3) is 0.273. The van der Waals surface area contributed by atoms with Gasteiger partial charge in [-0.15, -0.1) is 0 Å². The van der Waals surface area contributed by atoms with E-state index in [2.05, 4.69) is 10.2 Å². The van der Waals surface area contributed by atoms with Gasteiger partial charge < -0.3 is 4.90 Å². The van der Waals surface area contributed by atoms with Gasteiger partial charge in [-0.3, -0.25) is 9.89 Å². The Kier molecular flexibility index (Phi) is 2.98. The van der Waals surface area contributed by atoms with E-state index < -0.39 is 18.6 Å². The first-order valence-corrected chi connectivity index (χ1v) is 5.14. The van der Waals surface area contributed by atoms with Crippen LogP contribution in [0.5, 0.6) is 0 Å². The number of carbonyl (C=O) groups excluding carboxylic acids is 1. The summed E-state index contributed by atoms with van der Waals surface area (Å²) in [5.41, 5.74) is 0.610. The lowest BCUT2D eigenvalue weighted by atomic mass is 10.2. The predicted molar refractivity (Wildman–Crippen MR) is 59.1 cm³/mol. The maximum Gasteiger partial charge on any atom is 0.406 e. The zero-order valence-corrected chi connectivity index (χ0v) is 9.45. The van der Waals surface area contributed by atoms with Gasteiger partial charge in [-0.1, -0.05) is 18.2 Å². The van der Waals surface area contributed by atoms with Crippen LogP contribution in [0.3, 0.4) is 0 Å². The van der Waals surface area contributed by atoms with Gasteiger partial charge in [0.05, 0.1) is 5.52 Å². The molecule has 2 aromatic rings. The summed E-state index contributed by atoms with van der Waals surface area (Å²) in [7, 11) is 1.10. The Morgan fingerprint density at radius 3 is 2.72 bits per heavy atom. The minimum atomic E-state index is -4.42. The molecule has 0 saturated carbocycles. The SMILES string of the molecule is CN(CC(F)(F)F)C(=O)c1n[nH]c2ccccc12. The van der Waals surface area contributed by atoms with Crippen LogP contribution in [-0.2, 0) is 0 Å². The summed E-state index contributed by atoms with van der Waals surface area (Å²) >= 11 is 0. The summed E-state index contributed by atoms with van der Waals surface area (Å²) in [5.74, 6) is -0.759. The van der Waals surface area contributed by atoms with Crippen molar-refractivity contribution in [2.24, 2.45) is 0 Å². The number of H-pyrrole nitrogens is 1. The first-order valence-electron chi connectivity index (χ1n) is 5.14. The van der Waals surface area contributed by atoms with Crippen molar-refractivity contribution in [3.05, 3.63) is 30.0 Å². The van der Waals surface area contributed by atoms with Crippen LogP contribution in [0.1, 0.15) is 10.5 Å². The molecule has 0 bridgehead atoms. The van der Waals surface area contributed by atoms with Crippen LogP contribution in [0.15, 0.2) is 24.3 Å². The van der Waals surface area contributed by atoms with Crippen molar-refractivity contribution in [2.75, 3.05) is 13.6 Å². The first-order chi connectivity index (χ1) is 8.38. The number of aromatic nitrogens is 2. The van der Waals surface area contributed by atoms with E-state index in [1.807, 2.05) is 0 Å². The molecule has 1 amide bonds. The van der Waals surface area contributed by atoms with Crippen molar-refractivity contribution in [1.82, 2.24) is 15.1 Å². The number of carbonyl (C=O) groups is 1. The summed E-state index contributed by atoms with van der Waals surface area (Å²) in [6, 6.07) is 6.77. The van der Waals surface area contributed by atoms with Crippen molar-refractivity contribution in [2.45, 2.75) is 6.18 Å². The van der Waals surface area contributed by atoms with Gasteiger partial charge in [0.25, 0.3) is 5.91 Å². The average Bonchev–Trinajstić information content (AvgIpc) is 2.69. The smallest absolute Gasteiger partial charge is 0.331 e. The number of halogens is 3. The highest BCUT2D eigenvalue weighted by molar-refractivity contribution is 6.04. The number of hydrogen-bond donors (Lipinski definition) is 1. The van der Waals surface area contributed by atoms with Crippen LogP contribution in [0.2, 0.25) is 0 Å². The number of benzene rings is 1. The molecule has 4 nitrogen and oxygen atoms in total. The molecule has 0 aliphatic carbocycles. The summed E-state index contributed by atoms with van der Waals surface area (Å²) in [5, 5.41) is 6.88. The van der Waals surface area contributed by atoms with Gasteiger partial charge in [0, 0.05) is 12.4 Å². The molecule has 0 aliphatic heterocycles. The molecule has 0 radical (unpaired) electrons. The molecular weight excluding hydrogens is 247 g/mol. The fourth-order valence-electron chi connectivity index (χ4n) is 1.65. The second-order valence-corrected chi connectivity index (χ2v) is 3.89. The Labute approximate surface area is 100 Å². The third kappa shape index (κ3) is 2.44. The molecular formula is C11H10F3N3O.